The van der Waals surface area contributed by atoms with E-state index < -0.39 is 0 Å². The third-order valence-corrected chi connectivity index (χ3v) is 3.44. The summed E-state index contributed by atoms with van der Waals surface area (Å²) in [6.45, 7) is 2.07. The van der Waals surface area contributed by atoms with Gasteiger partial charge in [-0.3, -0.25) is 4.79 Å². The molecule has 0 atom stereocenters. The van der Waals surface area contributed by atoms with Crippen LogP contribution in [0.25, 0.3) is 0 Å². The van der Waals surface area contributed by atoms with Gasteiger partial charge in [-0.2, -0.15) is 0 Å². The van der Waals surface area contributed by atoms with Crippen molar-refractivity contribution in [3.8, 4) is 0 Å². The summed E-state index contributed by atoms with van der Waals surface area (Å²) >= 11 is 0. The Labute approximate surface area is 90.7 Å². The zero-order chi connectivity index (χ0) is 10.9. The first-order chi connectivity index (χ1) is 7.19. The summed E-state index contributed by atoms with van der Waals surface area (Å²) in [7, 11) is 1.72. The van der Waals surface area contributed by atoms with Crippen LogP contribution in [0.1, 0.15) is 30.4 Å². The number of benzene rings is 1. The smallest absolute Gasteiger partial charge is 0.230 e. The second-order valence-corrected chi connectivity index (χ2v) is 4.38. The lowest BCUT2D eigenvalue weighted by Crippen LogP contribution is -2.48. The molecule has 0 unspecified atom stereocenters. The van der Waals surface area contributed by atoms with Crippen LogP contribution in [0, 0.1) is 6.92 Å². The zero-order valence-electron chi connectivity index (χ0n) is 9.34. The molecule has 1 aromatic carbocycles. The van der Waals surface area contributed by atoms with E-state index in [4.69, 9.17) is 0 Å². The number of amides is 1. The lowest BCUT2D eigenvalue weighted by molar-refractivity contribution is -0.129. The van der Waals surface area contributed by atoms with Gasteiger partial charge in [-0.1, -0.05) is 36.2 Å². The first-order valence-electron chi connectivity index (χ1n) is 5.48. The summed E-state index contributed by atoms with van der Waals surface area (Å²) in [6, 6.07) is 8.31. The number of rotatable bonds is 2. The second kappa shape index (κ2) is 3.69. The number of nitrogens with one attached hydrogen (secondary N) is 1. The van der Waals surface area contributed by atoms with Gasteiger partial charge in [0.05, 0.1) is 5.41 Å². The second-order valence-electron chi connectivity index (χ2n) is 4.38. The molecule has 1 fully saturated rings. The van der Waals surface area contributed by atoms with Crippen molar-refractivity contribution in [3.05, 3.63) is 35.4 Å². The molecule has 0 aromatic heterocycles. The fourth-order valence-electron chi connectivity index (χ4n) is 2.36. The Morgan fingerprint density at radius 1 is 1.40 bits per heavy atom. The highest BCUT2D eigenvalue weighted by Crippen LogP contribution is 2.44. The van der Waals surface area contributed by atoms with E-state index in [1.54, 1.807) is 7.05 Å². The van der Waals surface area contributed by atoms with Crippen LogP contribution >= 0.6 is 0 Å². The van der Waals surface area contributed by atoms with E-state index in [0.717, 1.165) is 19.3 Å². The normalized spacial score (nSPS) is 18.0. The monoisotopic (exact) mass is 203 g/mol. The average Bonchev–Trinajstić information content (AvgIpc) is 2.16. The standard InChI is InChI=1S/C13H17NO/c1-10-5-3-6-11(9-10)13(7-4-8-13)12(15)14-2/h3,5-6,9H,4,7-8H2,1-2H3,(H,14,15). The molecule has 1 saturated carbocycles. The van der Waals surface area contributed by atoms with Crippen LogP contribution in [-0.2, 0) is 10.2 Å². The van der Waals surface area contributed by atoms with Gasteiger partial charge in [0.25, 0.3) is 0 Å². The van der Waals surface area contributed by atoms with E-state index >= 15 is 0 Å². The van der Waals surface area contributed by atoms with E-state index in [1.807, 2.05) is 6.07 Å². The SMILES string of the molecule is CNC(=O)C1(c2cccc(C)c2)CCC1. The van der Waals surface area contributed by atoms with Gasteiger partial charge in [0.15, 0.2) is 0 Å². The topological polar surface area (TPSA) is 29.1 Å². The molecule has 2 heteroatoms. The van der Waals surface area contributed by atoms with Crippen LogP contribution in [0.4, 0.5) is 0 Å². The Bertz CT molecular complexity index is 380. The third kappa shape index (κ3) is 1.54. The lowest BCUT2D eigenvalue weighted by atomic mass is 9.63. The summed E-state index contributed by atoms with van der Waals surface area (Å²) in [5, 5.41) is 2.79. The number of aryl methyl sites for hydroxylation is 1. The molecule has 15 heavy (non-hydrogen) atoms. The third-order valence-electron chi connectivity index (χ3n) is 3.44. The van der Waals surface area contributed by atoms with Gasteiger partial charge in [-0.05, 0) is 25.3 Å². The highest BCUT2D eigenvalue weighted by molar-refractivity contribution is 5.89. The van der Waals surface area contributed by atoms with Crippen LogP contribution < -0.4 is 5.32 Å². The van der Waals surface area contributed by atoms with E-state index in [-0.39, 0.29) is 11.3 Å². The number of hydrogen-bond donors (Lipinski definition) is 1. The van der Waals surface area contributed by atoms with Gasteiger partial charge in [0.2, 0.25) is 5.91 Å². The molecule has 0 radical (unpaired) electrons. The Morgan fingerprint density at radius 3 is 2.60 bits per heavy atom. The first kappa shape index (κ1) is 10.2. The molecular weight excluding hydrogens is 186 g/mol. The molecule has 1 aliphatic carbocycles. The van der Waals surface area contributed by atoms with Crippen molar-refractivity contribution < 1.29 is 4.79 Å². The van der Waals surface area contributed by atoms with Crippen molar-refractivity contribution in [2.24, 2.45) is 0 Å². The fourth-order valence-corrected chi connectivity index (χ4v) is 2.36. The summed E-state index contributed by atoms with van der Waals surface area (Å²) in [5.74, 6) is 0.166. The number of carbonyl (C=O) groups is 1. The van der Waals surface area contributed by atoms with Crippen molar-refractivity contribution in [1.82, 2.24) is 5.32 Å². The Morgan fingerprint density at radius 2 is 2.13 bits per heavy atom. The van der Waals surface area contributed by atoms with Gasteiger partial charge in [-0.15, -0.1) is 0 Å². The Kier molecular flexibility index (Phi) is 2.51. The predicted molar refractivity (Wildman–Crippen MR) is 60.8 cm³/mol. The minimum atomic E-state index is -0.235. The van der Waals surface area contributed by atoms with Crippen molar-refractivity contribution in [2.45, 2.75) is 31.6 Å². The molecule has 0 aliphatic heterocycles. The maximum Gasteiger partial charge on any atom is 0.230 e. The minimum Gasteiger partial charge on any atom is -0.358 e. The average molecular weight is 203 g/mol. The van der Waals surface area contributed by atoms with Crippen LogP contribution in [0.15, 0.2) is 24.3 Å². The van der Waals surface area contributed by atoms with E-state index in [0.29, 0.717) is 0 Å². The summed E-state index contributed by atoms with van der Waals surface area (Å²) in [6.07, 6.45) is 3.12. The Balaban J connectivity index is 2.38. The quantitative estimate of drug-likeness (QED) is 0.784. The van der Waals surface area contributed by atoms with E-state index in [1.165, 1.54) is 11.1 Å². The molecule has 1 N–H and O–H groups in total. The summed E-state index contributed by atoms with van der Waals surface area (Å²) in [4.78, 5) is 11.9. The molecular formula is C13H17NO. The van der Waals surface area contributed by atoms with Crippen LogP contribution in [0.2, 0.25) is 0 Å². The summed E-state index contributed by atoms with van der Waals surface area (Å²) < 4.78 is 0. The Hall–Kier alpha value is -1.31. The number of likely N-dealkylation sites (N-methyl/N-ethyl adjacent to an activating group) is 1. The molecule has 1 aliphatic rings. The number of hydrogen-bond acceptors (Lipinski definition) is 1. The summed E-state index contributed by atoms with van der Waals surface area (Å²) in [5.41, 5.74) is 2.16. The van der Waals surface area contributed by atoms with Crippen molar-refractivity contribution in [2.75, 3.05) is 7.05 Å². The molecule has 0 bridgehead atoms. The molecule has 2 nitrogen and oxygen atoms in total. The van der Waals surface area contributed by atoms with Crippen molar-refractivity contribution in [3.63, 3.8) is 0 Å². The van der Waals surface area contributed by atoms with Gasteiger partial charge in [0.1, 0.15) is 0 Å². The number of carbonyl (C=O) groups excluding carboxylic acids is 1. The van der Waals surface area contributed by atoms with E-state index in [9.17, 15) is 4.79 Å². The molecule has 1 aromatic rings. The van der Waals surface area contributed by atoms with Gasteiger partial charge >= 0.3 is 0 Å². The van der Waals surface area contributed by atoms with Crippen LogP contribution in [-0.4, -0.2) is 13.0 Å². The van der Waals surface area contributed by atoms with Crippen molar-refractivity contribution in [1.29, 1.82) is 0 Å². The molecule has 1 amide bonds. The largest absolute Gasteiger partial charge is 0.358 e. The minimum absolute atomic E-state index is 0.166. The van der Waals surface area contributed by atoms with Crippen LogP contribution in [0.3, 0.4) is 0 Å². The highest BCUT2D eigenvalue weighted by Gasteiger charge is 2.44. The molecule has 2 rings (SSSR count). The first-order valence-corrected chi connectivity index (χ1v) is 5.48. The molecule has 80 valence electrons. The van der Waals surface area contributed by atoms with Crippen LogP contribution in [0.5, 0.6) is 0 Å². The van der Waals surface area contributed by atoms with Crippen molar-refractivity contribution >= 4 is 5.91 Å². The van der Waals surface area contributed by atoms with Gasteiger partial charge in [0, 0.05) is 7.05 Å². The van der Waals surface area contributed by atoms with E-state index in [2.05, 4.69) is 30.4 Å². The van der Waals surface area contributed by atoms with Gasteiger partial charge < -0.3 is 5.32 Å². The molecule has 0 saturated heterocycles. The predicted octanol–water partition coefficient (Wildman–Crippen LogP) is 2.16. The lowest BCUT2D eigenvalue weighted by Gasteiger charge is -2.40. The molecule has 0 heterocycles. The highest BCUT2D eigenvalue weighted by atomic mass is 16.2. The zero-order valence-corrected chi connectivity index (χ0v) is 9.34. The maximum absolute atomic E-state index is 11.9. The maximum atomic E-state index is 11.9. The molecule has 0 spiro atoms. The fraction of sp³-hybridized carbons (Fsp3) is 0.462. The van der Waals surface area contributed by atoms with Gasteiger partial charge in [-0.25, -0.2) is 0 Å².